The molecule has 0 aliphatic rings. The minimum absolute atomic E-state index is 0.103. The summed E-state index contributed by atoms with van der Waals surface area (Å²) in [5.41, 5.74) is 1.87. The first-order chi connectivity index (χ1) is 9.83. The van der Waals surface area contributed by atoms with Crippen molar-refractivity contribution in [2.75, 3.05) is 7.11 Å². The van der Waals surface area contributed by atoms with Crippen molar-refractivity contribution in [1.82, 2.24) is 4.72 Å². The van der Waals surface area contributed by atoms with E-state index in [-0.39, 0.29) is 11.4 Å². The Balaban J connectivity index is 2.28. The number of hydrogen-bond acceptors (Lipinski definition) is 4. The van der Waals surface area contributed by atoms with E-state index < -0.39 is 10.0 Å². The summed E-state index contributed by atoms with van der Waals surface area (Å²) in [6.45, 7) is 5.69. The van der Waals surface area contributed by atoms with Crippen molar-refractivity contribution in [1.29, 1.82) is 0 Å². The maximum absolute atomic E-state index is 12.4. The third-order valence-corrected chi connectivity index (χ3v) is 4.72. The lowest BCUT2D eigenvalue weighted by Crippen LogP contribution is -2.23. The summed E-state index contributed by atoms with van der Waals surface area (Å²) >= 11 is 0. The molecule has 1 aromatic carbocycles. The molecule has 0 amide bonds. The van der Waals surface area contributed by atoms with Gasteiger partial charge < -0.3 is 9.15 Å². The van der Waals surface area contributed by atoms with E-state index >= 15 is 0 Å². The first kappa shape index (κ1) is 15.6. The minimum Gasteiger partial charge on any atom is -0.495 e. The van der Waals surface area contributed by atoms with E-state index in [4.69, 9.17) is 9.15 Å². The molecule has 0 spiro atoms. The Morgan fingerprint density at radius 3 is 2.38 bits per heavy atom. The number of aryl methyl sites for hydroxylation is 3. The van der Waals surface area contributed by atoms with Crippen molar-refractivity contribution in [3.05, 3.63) is 46.9 Å². The molecule has 5 nitrogen and oxygen atoms in total. The van der Waals surface area contributed by atoms with Gasteiger partial charge in [0.05, 0.1) is 13.7 Å². The third-order valence-electron chi connectivity index (χ3n) is 3.30. The number of rotatable bonds is 5. The highest BCUT2D eigenvalue weighted by Gasteiger charge is 2.20. The van der Waals surface area contributed by atoms with Gasteiger partial charge in [-0.15, -0.1) is 0 Å². The maximum atomic E-state index is 12.4. The number of nitrogens with one attached hydrogen (secondary N) is 1. The molecule has 1 N–H and O–H groups in total. The van der Waals surface area contributed by atoms with Crippen LogP contribution in [0.2, 0.25) is 0 Å². The van der Waals surface area contributed by atoms with Gasteiger partial charge in [0.25, 0.3) is 0 Å². The molecular weight excluding hydrogens is 290 g/mol. The van der Waals surface area contributed by atoms with Gasteiger partial charge in [0.15, 0.2) is 0 Å². The fourth-order valence-corrected chi connectivity index (χ4v) is 3.18. The predicted octanol–water partition coefficient (Wildman–Crippen LogP) is 2.69. The average Bonchev–Trinajstić information content (AvgIpc) is 2.85. The summed E-state index contributed by atoms with van der Waals surface area (Å²) < 4.78 is 37.9. The van der Waals surface area contributed by atoms with E-state index in [0.717, 1.165) is 16.9 Å². The average molecular weight is 309 g/mol. The van der Waals surface area contributed by atoms with Crippen molar-refractivity contribution < 1.29 is 17.6 Å². The Hall–Kier alpha value is -1.79. The summed E-state index contributed by atoms with van der Waals surface area (Å²) in [6, 6.07) is 6.88. The zero-order chi connectivity index (χ0) is 15.6. The monoisotopic (exact) mass is 309 g/mol. The van der Waals surface area contributed by atoms with Gasteiger partial charge in [-0.3, -0.25) is 0 Å². The zero-order valence-corrected chi connectivity index (χ0v) is 13.4. The number of hydrogen-bond donors (Lipinski definition) is 1. The number of furan rings is 1. The van der Waals surface area contributed by atoms with Crippen LogP contribution in [0.3, 0.4) is 0 Å². The Labute approximate surface area is 125 Å². The fraction of sp³-hybridized carbons (Fsp3) is 0.333. The normalized spacial score (nSPS) is 11.6. The first-order valence-electron chi connectivity index (χ1n) is 6.53. The largest absolute Gasteiger partial charge is 0.495 e. The van der Waals surface area contributed by atoms with Gasteiger partial charge >= 0.3 is 0 Å². The van der Waals surface area contributed by atoms with Crippen molar-refractivity contribution in [3.63, 3.8) is 0 Å². The predicted molar refractivity (Wildman–Crippen MR) is 79.9 cm³/mol. The molecule has 0 aliphatic heterocycles. The van der Waals surface area contributed by atoms with Crippen molar-refractivity contribution >= 4 is 10.0 Å². The van der Waals surface area contributed by atoms with Crippen molar-refractivity contribution in [2.45, 2.75) is 32.2 Å². The van der Waals surface area contributed by atoms with Crippen LogP contribution in [0.15, 0.2) is 33.6 Å². The second-order valence-corrected chi connectivity index (χ2v) is 6.66. The molecule has 2 aromatic rings. The summed E-state index contributed by atoms with van der Waals surface area (Å²) in [6.07, 6.45) is 0. The second kappa shape index (κ2) is 5.91. The summed E-state index contributed by atoms with van der Waals surface area (Å²) in [5, 5.41) is 0. The van der Waals surface area contributed by atoms with Gasteiger partial charge in [-0.25, -0.2) is 13.1 Å². The van der Waals surface area contributed by atoms with Crippen LogP contribution in [0.4, 0.5) is 0 Å². The van der Waals surface area contributed by atoms with Gasteiger partial charge in [-0.05, 0) is 56.2 Å². The SMILES string of the molecule is COc1cc(C)c(C)cc1S(=O)(=O)NCc1ccc(C)o1. The number of benzene rings is 1. The lowest BCUT2D eigenvalue weighted by atomic mass is 10.1. The molecule has 1 heterocycles. The van der Waals surface area contributed by atoms with E-state index in [0.29, 0.717) is 11.5 Å². The van der Waals surface area contributed by atoms with Crippen LogP contribution in [0.25, 0.3) is 0 Å². The van der Waals surface area contributed by atoms with Crippen LogP contribution in [0.1, 0.15) is 22.6 Å². The lowest BCUT2D eigenvalue weighted by Gasteiger charge is -2.12. The van der Waals surface area contributed by atoms with Gasteiger partial charge in [-0.2, -0.15) is 0 Å². The highest BCUT2D eigenvalue weighted by molar-refractivity contribution is 7.89. The standard InChI is InChI=1S/C15H19NO4S/c1-10-7-14(19-4)15(8-11(10)2)21(17,18)16-9-13-6-5-12(3)20-13/h5-8,16H,9H2,1-4H3. The summed E-state index contributed by atoms with van der Waals surface area (Å²) in [5.74, 6) is 1.65. The summed E-state index contributed by atoms with van der Waals surface area (Å²) in [4.78, 5) is 0.136. The van der Waals surface area contributed by atoms with E-state index in [1.165, 1.54) is 7.11 Å². The second-order valence-electron chi connectivity index (χ2n) is 4.92. The Bertz CT molecular complexity index is 747. The van der Waals surface area contributed by atoms with Crippen LogP contribution in [-0.4, -0.2) is 15.5 Å². The topological polar surface area (TPSA) is 68.5 Å². The molecular formula is C15H19NO4S. The van der Waals surface area contributed by atoms with E-state index in [2.05, 4.69) is 4.72 Å². The molecule has 1 aromatic heterocycles. The van der Waals surface area contributed by atoms with Gasteiger partial charge in [0, 0.05) is 0 Å². The van der Waals surface area contributed by atoms with Crippen molar-refractivity contribution in [3.8, 4) is 5.75 Å². The zero-order valence-electron chi connectivity index (χ0n) is 12.6. The highest BCUT2D eigenvalue weighted by atomic mass is 32.2. The molecule has 0 saturated heterocycles. The molecule has 0 aliphatic carbocycles. The van der Waals surface area contributed by atoms with Gasteiger partial charge in [0.1, 0.15) is 22.2 Å². The van der Waals surface area contributed by atoms with Gasteiger partial charge in [-0.1, -0.05) is 0 Å². The lowest BCUT2D eigenvalue weighted by molar-refractivity contribution is 0.401. The maximum Gasteiger partial charge on any atom is 0.244 e. The van der Waals surface area contributed by atoms with Crippen molar-refractivity contribution in [2.24, 2.45) is 0 Å². The Morgan fingerprint density at radius 2 is 1.81 bits per heavy atom. The molecule has 0 bridgehead atoms. The molecule has 0 saturated carbocycles. The number of methoxy groups -OCH3 is 1. The van der Waals surface area contributed by atoms with E-state index in [1.807, 2.05) is 20.8 Å². The Kier molecular flexibility index (Phi) is 4.39. The quantitative estimate of drug-likeness (QED) is 0.922. The first-order valence-corrected chi connectivity index (χ1v) is 8.02. The minimum atomic E-state index is -3.67. The molecule has 114 valence electrons. The Morgan fingerprint density at radius 1 is 1.14 bits per heavy atom. The highest BCUT2D eigenvalue weighted by Crippen LogP contribution is 2.27. The molecule has 21 heavy (non-hydrogen) atoms. The van der Waals surface area contributed by atoms with Crippen LogP contribution in [0, 0.1) is 20.8 Å². The fourth-order valence-electron chi connectivity index (χ4n) is 1.96. The van der Waals surface area contributed by atoms with Crippen LogP contribution in [0.5, 0.6) is 5.75 Å². The number of sulfonamides is 1. The smallest absolute Gasteiger partial charge is 0.244 e. The summed E-state index contributed by atoms with van der Waals surface area (Å²) in [7, 11) is -2.21. The molecule has 0 fully saturated rings. The third kappa shape index (κ3) is 3.46. The molecule has 0 radical (unpaired) electrons. The molecule has 6 heteroatoms. The molecule has 0 atom stereocenters. The van der Waals surface area contributed by atoms with Crippen LogP contribution >= 0.6 is 0 Å². The van der Waals surface area contributed by atoms with Gasteiger partial charge in [0.2, 0.25) is 10.0 Å². The van der Waals surface area contributed by atoms with Crippen LogP contribution < -0.4 is 9.46 Å². The molecule has 0 unspecified atom stereocenters. The van der Waals surface area contributed by atoms with E-state index in [1.54, 1.807) is 24.3 Å². The molecule has 2 rings (SSSR count). The van der Waals surface area contributed by atoms with Crippen LogP contribution in [-0.2, 0) is 16.6 Å². The van der Waals surface area contributed by atoms with E-state index in [9.17, 15) is 8.42 Å². The number of ether oxygens (including phenoxy) is 1.